The van der Waals surface area contributed by atoms with E-state index in [-0.39, 0.29) is 6.09 Å². The van der Waals surface area contributed by atoms with Crippen LogP contribution in [0.15, 0.2) is 15.7 Å². The summed E-state index contributed by atoms with van der Waals surface area (Å²) in [6.45, 7) is 11.0. The fraction of sp³-hybridized carbons (Fsp3) is 0.750. The molecule has 23 heavy (non-hydrogen) atoms. The smallest absolute Gasteiger partial charge is 0.410 e. The number of nitrogens with zero attached hydrogens (tertiary/aromatic N) is 3. The largest absolute Gasteiger partial charge is 0.444 e. The molecular weight excluding hydrogens is 360 g/mol. The quantitative estimate of drug-likeness (QED) is 0.755. The number of amides is 1. The van der Waals surface area contributed by atoms with Crippen LogP contribution in [0.3, 0.4) is 0 Å². The summed E-state index contributed by atoms with van der Waals surface area (Å²) in [6.07, 6.45) is 2.31. The Balaban J connectivity index is 1.78. The average molecular weight is 387 g/mol. The van der Waals surface area contributed by atoms with E-state index in [0.29, 0.717) is 12.1 Å². The molecule has 1 unspecified atom stereocenters. The lowest BCUT2D eigenvalue weighted by atomic mass is 10.1. The van der Waals surface area contributed by atoms with E-state index in [2.05, 4.69) is 25.8 Å². The fourth-order valence-electron chi connectivity index (χ4n) is 2.86. The number of carbonyl (C=O) groups is 1. The maximum atomic E-state index is 12.1. The SMILES string of the molecule is CC(=NC1CN(C2CCN(C(=O)OC(C)(C)C)C2)C1)/C(Br)=C\N. The molecule has 0 aliphatic carbocycles. The molecule has 6 nitrogen and oxygen atoms in total. The van der Waals surface area contributed by atoms with E-state index >= 15 is 0 Å². The Kier molecular flexibility index (Phi) is 5.73. The van der Waals surface area contributed by atoms with Crippen molar-refractivity contribution in [3.05, 3.63) is 10.7 Å². The van der Waals surface area contributed by atoms with Crippen LogP contribution in [0.25, 0.3) is 0 Å². The zero-order valence-electron chi connectivity index (χ0n) is 14.4. The summed E-state index contributed by atoms with van der Waals surface area (Å²) in [5.41, 5.74) is 5.97. The van der Waals surface area contributed by atoms with E-state index in [1.54, 1.807) is 0 Å². The molecule has 2 saturated heterocycles. The molecule has 2 fully saturated rings. The molecule has 2 aliphatic rings. The maximum absolute atomic E-state index is 12.1. The van der Waals surface area contributed by atoms with Crippen LogP contribution in [0, 0.1) is 0 Å². The summed E-state index contributed by atoms with van der Waals surface area (Å²) in [5.74, 6) is 0. The van der Waals surface area contributed by atoms with Gasteiger partial charge in [0.15, 0.2) is 0 Å². The zero-order valence-corrected chi connectivity index (χ0v) is 16.0. The van der Waals surface area contributed by atoms with Crippen LogP contribution in [-0.2, 0) is 4.74 Å². The van der Waals surface area contributed by atoms with E-state index in [1.807, 2.05) is 32.6 Å². The Labute approximate surface area is 146 Å². The molecule has 0 radical (unpaired) electrons. The van der Waals surface area contributed by atoms with Gasteiger partial charge >= 0.3 is 6.09 Å². The van der Waals surface area contributed by atoms with Gasteiger partial charge in [0.25, 0.3) is 0 Å². The molecule has 2 aliphatic heterocycles. The number of hydrogen-bond donors (Lipinski definition) is 1. The topological polar surface area (TPSA) is 71.2 Å². The van der Waals surface area contributed by atoms with Gasteiger partial charge in [-0.25, -0.2) is 4.79 Å². The Morgan fingerprint density at radius 3 is 2.57 bits per heavy atom. The van der Waals surface area contributed by atoms with Crippen LogP contribution in [-0.4, -0.2) is 65.5 Å². The number of rotatable bonds is 3. The standard InChI is InChI=1S/C16H27BrN4O2/c1-11(14(17)7-18)19-12-8-21(9-12)13-5-6-20(10-13)15(22)23-16(2,3)4/h7,12-13H,5-6,8-10,18H2,1-4H3/b14-7+,19-11?. The van der Waals surface area contributed by atoms with Crippen molar-refractivity contribution in [1.29, 1.82) is 0 Å². The van der Waals surface area contributed by atoms with Crippen molar-refractivity contribution in [3.8, 4) is 0 Å². The third kappa shape index (κ3) is 4.94. The lowest BCUT2D eigenvalue weighted by Crippen LogP contribution is -2.55. The Bertz CT molecular complexity index is 507. The minimum absolute atomic E-state index is 0.206. The highest BCUT2D eigenvalue weighted by Crippen LogP contribution is 2.24. The maximum Gasteiger partial charge on any atom is 0.410 e. The predicted octanol–water partition coefficient (Wildman–Crippen LogP) is 2.34. The Morgan fingerprint density at radius 2 is 2.00 bits per heavy atom. The molecule has 1 atom stereocenters. The number of carbonyl (C=O) groups excluding carboxylic acids is 1. The second-order valence-electron chi connectivity index (χ2n) is 7.21. The van der Waals surface area contributed by atoms with Crippen molar-refractivity contribution in [1.82, 2.24) is 9.80 Å². The van der Waals surface area contributed by atoms with E-state index < -0.39 is 5.60 Å². The first kappa shape index (κ1) is 18.3. The summed E-state index contributed by atoms with van der Waals surface area (Å²) in [7, 11) is 0. The second-order valence-corrected chi connectivity index (χ2v) is 8.06. The number of nitrogens with two attached hydrogens (primary N) is 1. The molecule has 0 saturated carbocycles. The van der Waals surface area contributed by atoms with Gasteiger partial charge in [0.05, 0.1) is 10.5 Å². The number of allylic oxidation sites excluding steroid dienone is 1. The number of hydrogen-bond acceptors (Lipinski definition) is 5. The minimum Gasteiger partial charge on any atom is -0.444 e. The molecular formula is C16H27BrN4O2. The highest BCUT2D eigenvalue weighted by molar-refractivity contribution is 9.12. The first-order chi connectivity index (χ1) is 10.7. The third-order valence-electron chi connectivity index (χ3n) is 4.09. The molecule has 7 heteroatoms. The van der Waals surface area contributed by atoms with Gasteiger partial charge in [-0.05, 0) is 50.0 Å². The van der Waals surface area contributed by atoms with Gasteiger partial charge in [0, 0.05) is 44.1 Å². The van der Waals surface area contributed by atoms with E-state index in [4.69, 9.17) is 10.5 Å². The molecule has 0 aromatic rings. The molecule has 0 aromatic heterocycles. The fourth-order valence-corrected chi connectivity index (χ4v) is 2.96. The molecule has 0 spiro atoms. The minimum atomic E-state index is -0.437. The Morgan fingerprint density at radius 1 is 1.35 bits per heavy atom. The molecule has 1 amide bonds. The highest BCUT2D eigenvalue weighted by atomic mass is 79.9. The number of aliphatic imine (C=N–C) groups is 1. The van der Waals surface area contributed by atoms with Crippen molar-refractivity contribution >= 4 is 27.7 Å². The van der Waals surface area contributed by atoms with E-state index in [1.165, 1.54) is 6.20 Å². The van der Waals surface area contributed by atoms with Crippen LogP contribution < -0.4 is 5.73 Å². The van der Waals surface area contributed by atoms with Crippen LogP contribution in [0.5, 0.6) is 0 Å². The van der Waals surface area contributed by atoms with Gasteiger partial charge in [-0.3, -0.25) is 9.89 Å². The molecule has 0 bridgehead atoms. The van der Waals surface area contributed by atoms with E-state index in [9.17, 15) is 4.79 Å². The van der Waals surface area contributed by atoms with Crippen molar-refractivity contribution in [2.24, 2.45) is 10.7 Å². The molecule has 0 aromatic carbocycles. The van der Waals surface area contributed by atoms with Crippen molar-refractivity contribution in [2.45, 2.75) is 51.8 Å². The van der Waals surface area contributed by atoms with Crippen LogP contribution in [0.1, 0.15) is 34.1 Å². The summed E-state index contributed by atoms with van der Waals surface area (Å²) >= 11 is 3.39. The number of halogens is 1. The first-order valence-electron chi connectivity index (χ1n) is 8.03. The molecule has 2 heterocycles. The van der Waals surface area contributed by atoms with Crippen molar-refractivity contribution in [3.63, 3.8) is 0 Å². The first-order valence-corrected chi connectivity index (χ1v) is 8.83. The normalized spacial score (nSPS) is 24.7. The van der Waals surface area contributed by atoms with Gasteiger partial charge in [0.1, 0.15) is 5.60 Å². The van der Waals surface area contributed by atoms with Crippen molar-refractivity contribution in [2.75, 3.05) is 26.2 Å². The molecule has 130 valence electrons. The molecule has 2 rings (SSSR count). The van der Waals surface area contributed by atoms with Gasteiger partial charge in [-0.1, -0.05) is 0 Å². The van der Waals surface area contributed by atoms with Gasteiger partial charge in [-0.15, -0.1) is 0 Å². The van der Waals surface area contributed by atoms with E-state index in [0.717, 1.165) is 42.8 Å². The average Bonchev–Trinajstić information content (AvgIpc) is 2.88. The lowest BCUT2D eigenvalue weighted by molar-refractivity contribution is 0.0263. The number of likely N-dealkylation sites (tertiary alicyclic amines) is 2. The van der Waals surface area contributed by atoms with Gasteiger partial charge < -0.3 is 15.4 Å². The van der Waals surface area contributed by atoms with Crippen LogP contribution >= 0.6 is 15.9 Å². The second kappa shape index (κ2) is 7.21. The highest BCUT2D eigenvalue weighted by Gasteiger charge is 2.38. The predicted molar refractivity (Wildman–Crippen MR) is 95.9 cm³/mol. The van der Waals surface area contributed by atoms with Crippen molar-refractivity contribution < 1.29 is 9.53 Å². The third-order valence-corrected chi connectivity index (χ3v) is 4.93. The summed E-state index contributed by atoms with van der Waals surface area (Å²) in [5, 5.41) is 0. The monoisotopic (exact) mass is 386 g/mol. The Hall–Kier alpha value is -1.08. The lowest BCUT2D eigenvalue weighted by Gasteiger charge is -2.41. The zero-order chi connectivity index (χ0) is 17.2. The summed E-state index contributed by atoms with van der Waals surface area (Å²) < 4.78 is 6.28. The number of ether oxygens (including phenoxy) is 1. The van der Waals surface area contributed by atoms with Crippen LogP contribution in [0.4, 0.5) is 4.79 Å². The summed E-state index contributed by atoms with van der Waals surface area (Å²) in [6, 6.07) is 0.737. The molecule has 2 N–H and O–H groups in total. The van der Waals surface area contributed by atoms with Crippen LogP contribution in [0.2, 0.25) is 0 Å². The summed E-state index contributed by atoms with van der Waals surface area (Å²) in [4.78, 5) is 21.0. The van der Waals surface area contributed by atoms with Gasteiger partial charge in [-0.2, -0.15) is 0 Å². The van der Waals surface area contributed by atoms with Gasteiger partial charge in [0.2, 0.25) is 0 Å².